The number of hydrogen-bond acceptors (Lipinski definition) is 2. The van der Waals surface area contributed by atoms with Gasteiger partial charge in [0.2, 0.25) is 0 Å². The van der Waals surface area contributed by atoms with Crippen LogP contribution in [0.1, 0.15) is 0 Å². The first-order valence-corrected chi connectivity index (χ1v) is 19.2. The molecule has 3 aromatic heterocycles. The summed E-state index contributed by atoms with van der Waals surface area (Å²) < 4.78 is 4.75. The van der Waals surface area contributed by atoms with Gasteiger partial charge in [-0.1, -0.05) is 110 Å². The predicted molar refractivity (Wildman–Crippen MR) is 198 cm³/mol. The largest absolute Gasteiger partial charge is 0.309 e. The molecule has 6 aromatic carbocycles. The number of hydrogen-bond donors (Lipinski definition) is 0. The maximum atomic E-state index is 5.57. The molecule has 0 saturated carbocycles. The Morgan fingerprint density at radius 1 is 0.489 bits per heavy atom. The standard InChI is InChI=1S/C42H30N4Si/c1-47(2)38-23-13-9-19-32(38)39-40(47)42(46-35-21-11-6-16-29(35)30-17-7-12-22-36(30)46)44-41(43-39)27-24-25-37-33(26-27)31-18-8-10-20-34(31)45(37)28-14-4-3-5-15-28/h3-26H,1-2H3. The molecule has 1 aliphatic rings. The molecule has 0 N–H and O–H groups in total. The van der Waals surface area contributed by atoms with Gasteiger partial charge >= 0.3 is 0 Å². The van der Waals surface area contributed by atoms with Gasteiger partial charge in [0.15, 0.2) is 5.82 Å². The van der Waals surface area contributed by atoms with E-state index in [-0.39, 0.29) is 0 Å². The van der Waals surface area contributed by atoms with Crippen molar-refractivity contribution in [2.75, 3.05) is 0 Å². The minimum atomic E-state index is -2.14. The summed E-state index contributed by atoms with van der Waals surface area (Å²) in [6.07, 6.45) is 0. The van der Waals surface area contributed by atoms with E-state index in [2.05, 4.69) is 168 Å². The van der Waals surface area contributed by atoms with Crippen molar-refractivity contribution in [1.29, 1.82) is 0 Å². The molecule has 4 heterocycles. The molecule has 4 nitrogen and oxygen atoms in total. The van der Waals surface area contributed by atoms with Crippen molar-refractivity contribution >= 4 is 62.1 Å². The lowest BCUT2D eigenvalue weighted by molar-refractivity contribution is 1.06. The van der Waals surface area contributed by atoms with Crippen molar-refractivity contribution in [1.82, 2.24) is 19.1 Å². The van der Waals surface area contributed by atoms with Gasteiger partial charge in [0, 0.05) is 38.0 Å². The summed E-state index contributed by atoms with van der Waals surface area (Å²) >= 11 is 0. The lowest BCUT2D eigenvalue weighted by Gasteiger charge is -2.22. The van der Waals surface area contributed by atoms with Crippen LogP contribution in [0.25, 0.3) is 77.8 Å². The Balaban J connectivity index is 1.30. The fraction of sp³-hybridized carbons (Fsp3) is 0.0476. The van der Waals surface area contributed by atoms with E-state index in [1.54, 1.807) is 0 Å². The van der Waals surface area contributed by atoms with E-state index in [9.17, 15) is 0 Å². The number of rotatable bonds is 3. The number of para-hydroxylation sites is 4. The molecule has 47 heavy (non-hydrogen) atoms. The maximum absolute atomic E-state index is 5.57. The zero-order valence-electron chi connectivity index (χ0n) is 26.1. The molecule has 1 aliphatic heterocycles. The Hall–Kier alpha value is -5.78. The van der Waals surface area contributed by atoms with Gasteiger partial charge in [-0.15, -0.1) is 0 Å². The average molecular weight is 619 g/mol. The van der Waals surface area contributed by atoms with Gasteiger partial charge in [0.1, 0.15) is 13.9 Å². The molecule has 0 unspecified atom stereocenters. The van der Waals surface area contributed by atoms with Gasteiger partial charge in [-0.25, -0.2) is 9.97 Å². The molecule has 0 radical (unpaired) electrons. The van der Waals surface area contributed by atoms with Crippen LogP contribution in [0.3, 0.4) is 0 Å². The predicted octanol–water partition coefficient (Wildman–Crippen LogP) is 9.14. The molecule has 0 aliphatic carbocycles. The van der Waals surface area contributed by atoms with E-state index >= 15 is 0 Å². The van der Waals surface area contributed by atoms with E-state index in [1.807, 2.05) is 0 Å². The summed E-state index contributed by atoms with van der Waals surface area (Å²) in [4.78, 5) is 11.0. The Kier molecular flexibility index (Phi) is 5.41. The van der Waals surface area contributed by atoms with Gasteiger partial charge in [0.25, 0.3) is 0 Å². The molecule has 0 atom stereocenters. The van der Waals surface area contributed by atoms with E-state index in [4.69, 9.17) is 9.97 Å². The fourth-order valence-electron chi connectivity index (χ4n) is 8.00. The highest BCUT2D eigenvalue weighted by Gasteiger charge is 2.42. The van der Waals surface area contributed by atoms with Gasteiger partial charge in [-0.3, -0.25) is 4.57 Å². The minimum Gasteiger partial charge on any atom is -0.309 e. The molecule has 5 heteroatoms. The summed E-state index contributed by atoms with van der Waals surface area (Å²) in [7, 11) is -2.14. The number of fused-ring (bicyclic) bond motifs is 9. The summed E-state index contributed by atoms with van der Waals surface area (Å²) in [5.74, 6) is 1.75. The number of aromatic nitrogens is 4. The van der Waals surface area contributed by atoms with E-state index in [0.717, 1.165) is 28.6 Å². The van der Waals surface area contributed by atoms with Crippen LogP contribution >= 0.6 is 0 Å². The van der Waals surface area contributed by atoms with Crippen LogP contribution in [0.15, 0.2) is 146 Å². The summed E-state index contributed by atoms with van der Waals surface area (Å²) in [6, 6.07) is 52.3. The third-order valence-corrected chi connectivity index (χ3v) is 13.6. The second-order valence-corrected chi connectivity index (χ2v) is 17.3. The monoisotopic (exact) mass is 618 g/mol. The van der Waals surface area contributed by atoms with Crippen molar-refractivity contribution < 1.29 is 0 Å². The first-order valence-electron chi connectivity index (χ1n) is 16.2. The number of benzene rings is 6. The van der Waals surface area contributed by atoms with Gasteiger partial charge in [-0.2, -0.15) is 0 Å². The summed E-state index contributed by atoms with van der Waals surface area (Å²) in [5.41, 5.74) is 9.18. The first-order chi connectivity index (χ1) is 23.1. The molecular weight excluding hydrogens is 589 g/mol. The van der Waals surface area contributed by atoms with E-state index in [1.165, 1.54) is 59.5 Å². The first kappa shape index (κ1) is 26.4. The van der Waals surface area contributed by atoms with Crippen LogP contribution in [-0.2, 0) is 0 Å². The molecular formula is C42H30N4Si. The quantitative estimate of drug-likeness (QED) is 0.185. The fourth-order valence-corrected chi connectivity index (χ4v) is 11.2. The van der Waals surface area contributed by atoms with Crippen molar-refractivity contribution in [3.63, 3.8) is 0 Å². The van der Waals surface area contributed by atoms with Gasteiger partial charge in [-0.05, 0) is 59.3 Å². The van der Waals surface area contributed by atoms with Crippen LogP contribution < -0.4 is 10.4 Å². The van der Waals surface area contributed by atoms with Crippen LogP contribution in [0, 0.1) is 0 Å². The molecule has 9 aromatic rings. The molecule has 0 saturated heterocycles. The highest BCUT2D eigenvalue weighted by atomic mass is 28.3. The number of nitrogens with zero attached hydrogens (tertiary/aromatic N) is 4. The zero-order valence-corrected chi connectivity index (χ0v) is 27.1. The van der Waals surface area contributed by atoms with Crippen molar-refractivity contribution in [2.45, 2.75) is 13.1 Å². The molecule has 10 rings (SSSR count). The lowest BCUT2D eigenvalue weighted by Crippen LogP contribution is -2.51. The highest BCUT2D eigenvalue weighted by molar-refractivity contribution is 7.04. The van der Waals surface area contributed by atoms with Gasteiger partial charge < -0.3 is 4.57 Å². The second kappa shape index (κ2) is 9.61. The second-order valence-electron chi connectivity index (χ2n) is 13.1. The SMILES string of the molecule is C[Si]1(C)c2ccccc2-c2nc(-c3ccc4c(c3)c3ccccc3n4-c3ccccc3)nc(-n3c4ccccc4c4ccccc43)c21. The van der Waals surface area contributed by atoms with Crippen molar-refractivity contribution in [3.8, 4) is 34.2 Å². The molecule has 222 valence electrons. The molecule has 0 bridgehead atoms. The van der Waals surface area contributed by atoms with Crippen LogP contribution in [0.4, 0.5) is 0 Å². The zero-order chi connectivity index (χ0) is 31.3. The smallest absolute Gasteiger partial charge is 0.162 e. The molecule has 0 amide bonds. The van der Waals surface area contributed by atoms with E-state index < -0.39 is 8.07 Å². The van der Waals surface area contributed by atoms with E-state index in [0.29, 0.717) is 0 Å². The summed E-state index contributed by atoms with van der Waals surface area (Å²) in [6.45, 7) is 4.89. The topological polar surface area (TPSA) is 35.6 Å². The van der Waals surface area contributed by atoms with Crippen LogP contribution in [0.2, 0.25) is 13.1 Å². The third kappa shape index (κ3) is 3.63. The minimum absolute atomic E-state index is 0.751. The Morgan fingerprint density at radius 3 is 1.74 bits per heavy atom. The maximum Gasteiger partial charge on any atom is 0.162 e. The summed E-state index contributed by atoms with van der Waals surface area (Å²) in [5, 5.41) is 7.61. The Morgan fingerprint density at radius 2 is 1.04 bits per heavy atom. The average Bonchev–Trinajstić information content (AvgIpc) is 3.72. The van der Waals surface area contributed by atoms with Crippen molar-refractivity contribution in [3.05, 3.63) is 146 Å². The molecule has 0 spiro atoms. The van der Waals surface area contributed by atoms with Crippen molar-refractivity contribution in [2.24, 2.45) is 0 Å². The Labute approximate surface area is 273 Å². The highest BCUT2D eigenvalue weighted by Crippen LogP contribution is 2.38. The van der Waals surface area contributed by atoms with Crippen LogP contribution in [0.5, 0.6) is 0 Å². The molecule has 0 fully saturated rings. The third-order valence-electron chi connectivity index (χ3n) is 10.1. The normalized spacial score (nSPS) is 13.5. The van der Waals surface area contributed by atoms with Gasteiger partial charge in [0.05, 0.1) is 27.8 Å². The van der Waals surface area contributed by atoms with Crippen LogP contribution in [-0.4, -0.2) is 27.2 Å². The lowest BCUT2D eigenvalue weighted by atomic mass is 10.1. The Bertz CT molecular complexity index is 2660.